The molecule has 0 aromatic heterocycles. The highest BCUT2D eigenvalue weighted by molar-refractivity contribution is 5.77. The first-order chi connectivity index (χ1) is 11.7. The van der Waals surface area contributed by atoms with Crippen LogP contribution in [0.15, 0.2) is 24.3 Å². The van der Waals surface area contributed by atoms with Crippen LogP contribution in [0, 0.1) is 5.92 Å². The molecule has 6 nitrogen and oxygen atoms in total. The van der Waals surface area contributed by atoms with Crippen LogP contribution < -0.4 is 4.74 Å². The predicted octanol–water partition coefficient (Wildman–Crippen LogP) is 3.21. The van der Waals surface area contributed by atoms with Gasteiger partial charge < -0.3 is 19.1 Å². The largest absolute Gasteiger partial charge is 0.497 e. The lowest BCUT2D eigenvalue weighted by molar-refractivity contribution is -0.147. The van der Waals surface area contributed by atoms with Gasteiger partial charge in [0.15, 0.2) is 0 Å². The van der Waals surface area contributed by atoms with Gasteiger partial charge in [-0.1, -0.05) is 12.1 Å². The SMILES string of the molecule is CCOC(=O)[C@@H]1CN(C(=O)OC(C)(C)C)C[C@H]1c1ccc(OC)cc1. The summed E-state index contributed by atoms with van der Waals surface area (Å²) in [6, 6.07) is 7.56. The summed E-state index contributed by atoms with van der Waals surface area (Å²) in [5.41, 5.74) is 0.402. The third kappa shape index (κ3) is 4.87. The van der Waals surface area contributed by atoms with Crippen LogP contribution >= 0.6 is 0 Å². The monoisotopic (exact) mass is 349 g/mol. The van der Waals surface area contributed by atoms with Crippen molar-refractivity contribution in [3.8, 4) is 5.75 Å². The molecular formula is C19H27NO5. The van der Waals surface area contributed by atoms with E-state index < -0.39 is 17.6 Å². The van der Waals surface area contributed by atoms with Gasteiger partial charge in [-0.05, 0) is 45.4 Å². The molecule has 1 aromatic carbocycles. The van der Waals surface area contributed by atoms with Crippen molar-refractivity contribution in [1.29, 1.82) is 0 Å². The van der Waals surface area contributed by atoms with E-state index in [1.807, 2.05) is 45.0 Å². The van der Waals surface area contributed by atoms with Crippen molar-refractivity contribution in [2.24, 2.45) is 5.92 Å². The number of nitrogens with zero attached hydrogens (tertiary/aromatic N) is 1. The summed E-state index contributed by atoms with van der Waals surface area (Å²) in [5.74, 6) is -0.0638. The molecule has 1 fully saturated rings. The Balaban J connectivity index is 2.21. The minimum Gasteiger partial charge on any atom is -0.497 e. The fourth-order valence-electron chi connectivity index (χ4n) is 2.96. The lowest BCUT2D eigenvalue weighted by Crippen LogP contribution is -2.36. The number of esters is 1. The third-order valence-electron chi connectivity index (χ3n) is 4.10. The van der Waals surface area contributed by atoms with Gasteiger partial charge in [0.25, 0.3) is 0 Å². The molecule has 0 aliphatic carbocycles. The van der Waals surface area contributed by atoms with Gasteiger partial charge in [-0.25, -0.2) is 4.79 Å². The predicted molar refractivity (Wildman–Crippen MR) is 93.7 cm³/mol. The number of amides is 1. The van der Waals surface area contributed by atoms with E-state index >= 15 is 0 Å². The molecular weight excluding hydrogens is 322 g/mol. The third-order valence-corrected chi connectivity index (χ3v) is 4.10. The Morgan fingerprint density at radius 3 is 2.32 bits per heavy atom. The van der Waals surface area contributed by atoms with E-state index in [1.165, 1.54) is 0 Å². The minimum atomic E-state index is -0.575. The molecule has 1 saturated heterocycles. The van der Waals surface area contributed by atoms with Crippen LogP contribution in [-0.4, -0.2) is 49.4 Å². The van der Waals surface area contributed by atoms with Gasteiger partial charge in [-0.3, -0.25) is 4.79 Å². The second kappa shape index (κ2) is 7.76. The Kier molecular flexibility index (Phi) is 5.93. The van der Waals surface area contributed by atoms with Crippen LogP contribution in [0.25, 0.3) is 0 Å². The highest BCUT2D eigenvalue weighted by Crippen LogP contribution is 2.35. The molecule has 2 rings (SSSR count). The van der Waals surface area contributed by atoms with Gasteiger partial charge in [0.2, 0.25) is 0 Å². The number of ether oxygens (including phenoxy) is 3. The zero-order valence-corrected chi connectivity index (χ0v) is 15.6. The quantitative estimate of drug-likeness (QED) is 0.781. The van der Waals surface area contributed by atoms with E-state index in [-0.39, 0.29) is 11.9 Å². The zero-order valence-electron chi connectivity index (χ0n) is 15.6. The maximum absolute atomic E-state index is 12.4. The van der Waals surface area contributed by atoms with Crippen LogP contribution in [-0.2, 0) is 14.3 Å². The van der Waals surface area contributed by atoms with Crippen LogP contribution in [0.5, 0.6) is 5.75 Å². The Bertz CT molecular complexity index is 605. The smallest absolute Gasteiger partial charge is 0.410 e. The van der Waals surface area contributed by atoms with Crippen molar-refractivity contribution < 1.29 is 23.8 Å². The van der Waals surface area contributed by atoms with Gasteiger partial charge in [0, 0.05) is 19.0 Å². The number of hydrogen-bond acceptors (Lipinski definition) is 5. The van der Waals surface area contributed by atoms with Crippen LogP contribution in [0.1, 0.15) is 39.2 Å². The maximum Gasteiger partial charge on any atom is 0.410 e. The topological polar surface area (TPSA) is 65.1 Å². The summed E-state index contributed by atoms with van der Waals surface area (Å²) >= 11 is 0. The standard InChI is InChI=1S/C19H27NO5/c1-6-24-17(21)16-12-20(18(22)25-19(2,3)4)11-15(16)13-7-9-14(23-5)10-8-13/h7-10,15-16H,6,11-12H2,1-5H3/t15-,16+/m0/s1. The summed E-state index contributed by atoms with van der Waals surface area (Å²) in [5, 5.41) is 0. The maximum atomic E-state index is 12.4. The second-order valence-corrected chi connectivity index (χ2v) is 7.12. The van der Waals surface area contributed by atoms with Crippen molar-refractivity contribution in [3.05, 3.63) is 29.8 Å². The van der Waals surface area contributed by atoms with Gasteiger partial charge in [0.05, 0.1) is 19.6 Å². The molecule has 138 valence electrons. The summed E-state index contributed by atoms with van der Waals surface area (Å²) in [6.45, 7) is 8.29. The van der Waals surface area contributed by atoms with E-state index in [0.29, 0.717) is 19.7 Å². The molecule has 2 atom stereocenters. The minimum absolute atomic E-state index is 0.127. The molecule has 0 bridgehead atoms. The first kappa shape index (κ1) is 19.1. The average molecular weight is 349 g/mol. The number of methoxy groups -OCH3 is 1. The molecule has 0 spiro atoms. The summed E-state index contributed by atoms with van der Waals surface area (Å²) < 4.78 is 15.8. The number of hydrogen-bond donors (Lipinski definition) is 0. The van der Waals surface area contributed by atoms with Crippen LogP contribution in [0.3, 0.4) is 0 Å². The zero-order chi connectivity index (χ0) is 18.6. The Labute approximate surface area is 149 Å². The Morgan fingerprint density at radius 1 is 1.16 bits per heavy atom. The molecule has 0 N–H and O–H groups in total. The van der Waals surface area contributed by atoms with Gasteiger partial charge in [-0.15, -0.1) is 0 Å². The number of carbonyl (C=O) groups is 2. The number of likely N-dealkylation sites (tertiary alicyclic amines) is 1. The molecule has 6 heteroatoms. The number of rotatable bonds is 4. The summed E-state index contributed by atoms with van der Waals surface area (Å²) in [6.07, 6.45) is -0.405. The van der Waals surface area contributed by atoms with Crippen molar-refractivity contribution in [1.82, 2.24) is 4.90 Å². The second-order valence-electron chi connectivity index (χ2n) is 7.12. The fourth-order valence-corrected chi connectivity index (χ4v) is 2.96. The number of benzene rings is 1. The first-order valence-electron chi connectivity index (χ1n) is 8.53. The normalized spacial score (nSPS) is 20.3. The molecule has 1 amide bonds. The molecule has 1 aliphatic rings. The molecule has 1 aliphatic heterocycles. The van der Waals surface area contributed by atoms with Crippen molar-refractivity contribution in [2.75, 3.05) is 26.8 Å². The molecule has 0 unspecified atom stereocenters. The van der Waals surface area contributed by atoms with Crippen molar-refractivity contribution in [2.45, 2.75) is 39.2 Å². The van der Waals surface area contributed by atoms with E-state index in [4.69, 9.17) is 14.2 Å². The summed E-state index contributed by atoms with van der Waals surface area (Å²) in [4.78, 5) is 26.4. The molecule has 25 heavy (non-hydrogen) atoms. The first-order valence-corrected chi connectivity index (χ1v) is 8.53. The molecule has 0 radical (unpaired) electrons. The number of carbonyl (C=O) groups excluding carboxylic acids is 2. The Hall–Kier alpha value is -2.24. The summed E-state index contributed by atoms with van der Waals surface area (Å²) in [7, 11) is 1.61. The van der Waals surface area contributed by atoms with Gasteiger partial charge in [0.1, 0.15) is 11.4 Å². The van der Waals surface area contributed by atoms with Gasteiger partial charge in [-0.2, -0.15) is 0 Å². The van der Waals surface area contributed by atoms with Gasteiger partial charge >= 0.3 is 12.1 Å². The van der Waals surface area contributed by atoms with Crippen LogP contribution in [0.4, 0.5) is 4.79 Å². The van der Waals surface area contributed by atoms with Crippen molar-refractivity contribution >= 4 is 12.1 Å². The molecule has 1 aromatic rings. The fraction of sp³-hybridized carbons (Fsp3) is 0.579. The average Bonchev–Trinajstić information content (AvgIpc) is 2.99. The van der Waals surface area contributed by atoms with E-state index in [1.54, 1.807) is 18.9 Å². The van der Waals surface area contributed by atoms with E-state index in [2.05, 4.69) is 0 Å². The lowest BCUT2D eigenvalue weighted by atomic mass is 9.89. The van der Waals surface area contributed by atoms with Crippen molar-refractivity contribution in [3.63, 3.8) is 0 Å². The molecule has 1 heterocycles. The molecule has 0 saturated carbocycles. The lowest BCUT2D eigenvalue weighted by Gasteiger charge is -2.24. The van der Waals surface area contributed by atoms with E-state index in [0.717, 1.165) is 11.3 Å². The highest BCUT2D eigenvalue weighted by atomic mass is 16.6. The highest BCUT2D eigenvalue weighted by Gasteiger charge is 2.42. The van der Waals surface area contributed by atoms with Crippen LogP contribution in [0.2, 0.25) is 0 Å². The Morgan fingerprint density at radius 2 is 1.80 bits per heavy atom. The van der Waals surface area contributed by atoms with E-state index in [9.17, 15) is 9.59 Å².